The van der Waals surface area contributed by atoms with Crippen LogP contribution in [0, 0.1) is 0 Å². The third-order valence-electron chi connectivity index (χ3n) is 15.6. The fraction of sp³-hybridized carbons (Fsp3) is 0.322. The Kier molecular flexibility index (Phi) is 12.8. The van der Waals surface area contributed by atoms with Crippen LogP contribution in [0.5, 0.6) is 0 Å². The van der Waals surface area contributed by atoms with Crippen LogP contribution >= 0.6 is 0 Å². The van der Waals surface area contributed by atoms with E-state index in [4.69, 9.17) is 4.74 Å². The molecule has 366 valence electrons. The Morgan fingerprint density at radius 1 is 0.569 bits per heavy atom. The molecule has 5 aliphatic rings. The molecule has 2 saturated carbocycles. The summed E-state index contributed by atoms with van der Waals surface area (Å²) >= 11 is 0. The third kappa shape index (κ3) is 8.64. The SMILES string of the molecule is COC(=O)c1ccc2c(C3CCCCC3)c3n(c2c1)CC(C(=O)O)=Cc1ccccc1-3.O=C(O)c1ccc2c(C3CCCCC3)c3n(c2c1)CC(C(=O)N1CCN(c2ncccn2)CC1)=Cc1ccccc1-3. The van der Waals surface area contributed by atoms with Crippen molar-refractivity contribution in [2.24, 2.45) is 0 Å². The van der Waals surface area contributed by atoms with Crippen molar-refractivity contribution >= 4 is 63.7 Å². The normalized spacial score (nSPS) is 17.0. The quantitative estimate of drug-likeness (QED) is 0.147. The topological polar surface area (TPSA) is 160 Å². The van der Waals surface area contributed by atoms with E-state index < -0.39 is 11.9 Å². The third-order valence-corrected chi connectivity index (χ3v) is 15.6. The zero-order valence-electron chi connectivity index (χ0n) is 40.6. The summed E-state index contributed by atoms with van der Waals surface area (Å²) in [6, 6.07) is 29.3. The summed E-state index contributed by atoms with van der Waals surface area (Å²) in [6.07, 6.45) is 19.2. The van der Waals surface area contributed by atoms with E-state index in [-0.39, 0.29) is 24.0 Å². The van der Waals surface area contributed by atoms with Crippen LogP contribution in [-0.4, -0.2) is 91.3 Å². The number of anilines is 1. The number of piperazine rings is 1. The molecule has 2 N–H and O–H groups in total. The highest BCUT2D eigenvalue weighted by Gasteiger charge is 2.34. The van der Waals surface area contributed by atoms with Crippen LogP contribution in [0.3, 0.4) is 0 Å². The number of aliphatic carboxylic acids is 1. The van der Waals surface area contributed by atoms with Gasteiger partial charge in [-0.15, -0.1) is 0 Å². The number of carbonyl (C=O) groups is 4. The molecular formula is C59H58N6O7. The number of ether oxygens (including phenoxy) is 1. The van der Waals surface area contributed by atoms with Gasteiger partial charge in [0, 0.05) is 77.1 Å². The molecule has 4 aromatic carbocycles. The first-order valence-electron chi connectivity index (χ1n) is 25.4. The predicted molar refractivity (Wildman–Crippen MR) is 279 cm³/mol. The van der Waals surface area contributed by atoms with Crippen LogP contribution in [-0.2, 0) is 27.4 Å². The molecule has 12 rings (SSSR count). The maximum Gasteiger partial charge on any atom is 0.337 e. The summed E-state index contributed by atoms with van der Waals surface area (Å²) < 4.78 is 9.25. The van der Waals surface area contributed by atoms with Crippen molar-refractivity contribution in [3.63, 3.8) is 0 Å². The smallest absolute Gasteiger partial charge is 0.337 e. The molecule has 0 atom stereocenters. The second kappa shape index (κ2) is 19.8. The molecule has 72 heavy (non-hydrogen) atoms. The van der Waals surface area contributed by atoms with Crippen LogP contribution in [0.2, 0.25) is 0 Å². The molecule has 0 spiro atoms. The molecular weight excluding hydrogens is 905 g/mol. The molecule has 3 fully saturated rings. The van der Waals surface area contributed by atoms with Crippen LogP contribution in [0.25, 0.3) is 56.5 Å². The van der Waals surface area contributed by atoms with E-state index in [0.29, 0.717) is 67.2 Å². The minimum absolute atomic E-state index is 0.0248. The number of carboxylic acid groups (broad SMARTS) is 2. The van der Waals surface area contributed by atoms with Crippen molar-refractivity contribution < 1.29 is 34.1 Å². The summed E-state index contributed by atoms with van der Waals surface area (Å²) in [4.78, 5) is 63.1. The molecule has 0 bridgehead atoms. The van der Waals surface area contributed by atoms with E-state index >= 15 is 0 Å². The fourth-order valence-corrected chi connectivity index (χ4v) is 12.2. The number of hydrogen-bond acceptors (Lipinski definition) is 8. The predicted octanol–water partition coefficient (Wildman–Crippen LogP) is 11.2. The van der Waals surface area contributed by atoms with Gasteiger partial charge in [0.1, 0.15) is 0 Å². The lowest BCUT2D eigenvalue weighted by Crippen LogP contribution is -2.49. The van der Waals surface area contributed by atoms with Crippen molar-refractivity contribution in [2.45, 2.75) is 89.1 Å². The standard InChI is InChI=1S/C33H33N5O3.C26H25NO4/c39-31(36-15-17-37(18-16-36)33-34-13-6-14-35-33)25-19-23-9-4-5-10-26(23)30-29(22-7-2-1-3-8-22)27-12-11-24(32(40)41)20-28(27)38(30)21-25;1-31-26(30)18-11-12-21-22(14-18)27-15-19(25(28)29)13-17-9-5-6-10-20(17)24(27)23(21)16-7-3-2-4-8-16/h4-6,9-14,19-20,22H,1-3,7-8,15-18,21H2,(H,40,41);5-6,9-14,16H,2-4,7-8,15H2,1H3,(H,28,29). The number of aromatic nitrogens is 4. The lowest BCUT2D eigenvalue weighted by molar-refractivity contribution is -0.132. The van der Waals surface area contributed by atoms with E-state index in [0.717, 1.165) is 81.1 Å². The lowest BCUT2D eigenvalue weighted by atomic mass is 9.81. The van der Waals surface area contributed by atoms with Crippen molar-refractivity contribution in [1.29, 1.82) is 0 Å². The zero-order chi connectivity index (χ0) is 49.5. The Bertz CT molecular complexity index is 3330. The van der Waals surface area contributed by atoms with Gasteiger partial charge in [-0.3, -0.25) is 4.79 Å². The number of hydrogen-bond donors (Lipinski definition) is 2. The number of methoxy groups -OCH3 is 1. The van der Waals surface area contributed by atoms with Gasteiger partial charge >= 0.3 is 17.9 Å². The van der Waals surface area contributed by atoms with Crippen LogP contribution < -0.4 is 4.90 Å². The first-order valence-corrected chi connectivity index (χ1v) is 25.4. The number of amides is 1. The molecule has 13 heteroatoms. The molecule has 0 unspecified atom stereocenters. The van der Waals surface area contributed by atoms with E-state index in [1.165, 1.54) is 56.8 Å². The molecule has 6 heterocycles. The summed E-state index contributed by atoms with van der Waals surface area (Å²) in [5, 5.41) is 21.9. The minimum Gasteiger partial charge on any atom is -0.478 e. The van der Waals surface area contributed by atoms with Gasteiger partial charge in [0.15, 0.2) is 0 Å². The van der Waals surface area contributed by atoms with Crippen LogP contribution in [0.4, 0.5) is 5.95 Å². The zero-order valence-corrected chi connectivity index (χ0v) is 40.6. The molecule has 3 aliphatic heterocycles. The largest absolute Gasteiger partial charge is 0.478 e. The Balaban J connectivity index is 0.000000162. The summed E-state index contributed by atoms with van der Waals surface area (Å²) in [6.45, 7) is 3.18. The number of carbonyl (C=O) groups excluding carboxylic acids is 2. The van der Waals surface area contributed by atoms with Gasteiger partial charge in [-0.1, -0.05) is 99.2 Å². The van der Waals surface area contributed by atoms with Gasteiger partial charge in [-0.05, 0) is 102 Å². The number of benzene rings is 4. The second-order valence-electron chi connectivity index (χ2n) is 19.8. The fourth-order valence-electron chi connectivity index (χ4n) is 12.2. The maximum atomic E-state index is 14.1. The van der Waals surface area contributed by atoms with Crippen LogP contribution in [0.15, 0.2) is 115 Å². The van der Waals surface area contributed by atoms with E-state index in [9.17, 15) is 29.4 Å². The molecule has 2 aliphatic carbocycles. The molecule has 7 aromatic rings. The highest BCUT2D eigenvalue weighted by molar-refractivity contribution is 6.04. The van der Waals surface area contributed by atoms with Gasteiger partial charge < -0.3 is 33.9 Å². The van der Waals surface area contributed by atoms with Crippen molar-refractivity contribution in [3.05, 3.63) is 148 Å². The minimum atomic E-state index is -0.942. The Morgan fingerprint density at radius 2 is 1.07 bits per heavy atom. The molecule has 13 nitrogen and oxygen atoms in total. The average Bonchev–Trinajstić information content (AvgIpc) is 3.77. The number of nitrogens with zero attached hydrogens (tertiary/aromatic N) is 6. The first kappa shape index (κ1) is 46.6. The molecule has 1 amide bonds. The Morgan fingerprint density at radius 3 is 1.60 bits per heavy atom. The van der Waals surface area contributed by atoms with Gasteiger partial charge in [0.25, 0.3) is 5.91 Å². The van der Waals surface area contributed by atoms with Gasteiger partial charge in [-0.25, -0.2) is 24.4 Å². The van der Waals surface area contributed by atoms with Crippen molar-refractivity contribution in [3.8, 4) is 22.5 Å². The number of carboxylic acids is 2. The highest BCUT2D eigenvalue weighted by Crippen LogP contribution is 2.48. The number of fused-ring (bicyclic) bond motifs is 10. The Hall–Kier alpha value is -7.80. The molecule has 0 radical (unpaired) electrons. The second-order valence-corrected chi connectivity index (χ2v) is 19.8. The van der Waals surface area contributed by atoms with E-state index in [2.05, 4.69) is 54.3 Å². The van der Waals surface area contributed by atoms with E-state index in [1.807, 2.05) is 53.4 Å². The summed E-state index contributed by atoms with van der Waals surface area (Å²) in [7, 11) is 1.38. The highest BCUT2D eigenvalue weighted by atomic mass is 16.5. The number of esters is 1. The monoisotopic (exact) mass is 962 g/mol. The Labute approximate surface area is 418 Å². The summed E-state index contributed by atoms with van der Waals surface area (Å²) in [5.74, 6) is -0.699. The average molecular weight is 963 g/mol. The van der Waals surface area contributed by atoms with Gasteiger partial charge in [0.2, 0.25) is 5.95 Å². The molecule has 1 saturated heterocycles. The van der Waals surface area contributed by atoms with E-state index in [1.54, 1.807) is 36.7 Å². The lowest BCUT2D eigenvalue weighted by Gasteiger charge is -2.35. The molecule has 3 aromatic heterocycles. The van der Waals surface area contributed by atoms with Crippen molar-refractivity contribution in [1.82, 2.24) is 24.0 Å². The first-order chi connectivity index (χ1) is 35.2. The number of rotatable bonds is 7. The van der Waals surface area contributed by atoms with Gasteiger partial charge in [-0.2, -0.15) is 0 Å². The number of aromatic carboxylic acids is 1. The van der Waals surface area contributed by atoms with Crippen LogP contribution in [0.1, 0.15) is 119 Å². The maximum absolute atomic E-state index is 14.1. The summed E-state index contributed by atoms with van der Waals surface area (Å²) in [5.41, 5.74) is 12.5. The van der Waals surface area contributed by atoms with Crippen molar-refractivity contribution in [2.75, 3.05) is 38.2 Å². The van der Waals surface area contributed by atoms with Gasteiger partial charge in [0.05, 0.1) is 48.3 Å².